The number of hydrogen-bond acceptors (Lipinski definition) is 5. The number of nitrogens with zero attached hydrogens (tertiary/aromatic N) is 4. The summed E-state index contributed by atoms with van der Waals surface area (Å²) in [6.07, 6.45) is -3.23. The maximum atomic E-state index is 14.9. The molecule has 2 aliphatic rings. The molecule has 0 spiro atoms. The highest BCUT2D eigenvalue weighted by Crippen LogP contribution is 2.40. The van der Waals surface area contributed by atoms with Crippen molar-refractivity contribution in [2.24, 2.45) is 5.92 Å². The second-order valence-corrected chi connectivity index (χ2v) is 9.83. The van der Waals surface area contributed by atoms with Crippen LogP contribution in [0.25, 0.3) is 16.7 Å². The Balaban J connectivity index is 1.67. The monoisotopic (exact) mass is 583 g/mol. The smallest absolute Gasteiger partial charge is 0.395 e. The van der Waals surface area contributed by atoms with E-state index in [9.17, 15) is 45.8 Å². The number of carbonyl (C=O) groups excluding carboxylic acids is 2. The van der Waals surface area contributed by atoms with Gasteiger partial charge < -0.3 is 15.3 Å². The summed E-state index contributed by atoms with van der Waals surface area (Å²) >= 11 is 0. The molecule has 1 saturated carbocycles. The molecule has 1 aromatic carbocycles. The Bertz CT molecular complexity index is 1560. The van der Waals surface area contributed by atoms with Crippen LogP contribution in [0.2, 0.25) is 0 Å². The lowest BCUT2D eigenvalue weighted by atomic mass is 10.1. The molecule has 5 rings (SSSR count). The summed E-state index contributed by atoms with van der Waals surface area (Å²) in [7, 11) is 0. The number of carbonyl (C=O) groups is 2. The minimum absolute atomic E-state index is 0.0377. The molecule has 0 radical (unpaired) electrons. The third-order valence-corrected chi connectivity index (χ3v) is 6.99. The quantitative estimate of drug-likeness (QED) is 0.414. The van der Waals surface area contributed by atoms with Crippen LogP contribution in [-0.2, 0) is 0 Å². The predicted octanol–water partition coefficient (Wildman–Crippen LogP) is 3.50. The van der Waals surface area contributed by atoms with Gasteiger partial charge in [-0.15, -0.1) is 0 Å². The highest BCUT2D eigenvalue weighted by atomic mass is 19.4. The Hall–Kier alpha value is -4.14. The first-order valence-electron chi connectivity index (χ1n) is 12.7. The summed E-state index contributed by atoms with van der Waals surface area (Å²) in [6, 6.07) is 0.312. The number of anilines is 1. The fourth-order valence-corrected chi connectivity index (χ4v) is 4.88. The lowest BCUT2D eigenvalue weighted by molar-refractivity contribution is -0.158. The number of alkyl halides is 3. The zero-order chi connectivity index (χ0) is 29.6. The minimum atomic E-state index is -4.80. The number of nitrogens with one attached hydrogen (secondary N) is 1. The topological polar surface area (TPSA) is 108 Å². The molecule has 0 bridgehead atoms. The van der Waals surface area contributed by atoms with E-state index in [0.29, 0.717) is 35.9 Å². The van der Waals surface area contributed by atoms with Crippen LogP contribution in [0.5, 0.6) is 0 Å². The first-order chi connectivity index (χ1) is 19.4. The maximum absolute atomic E-state index is 14.9. The first-order valence-corrected chi connectivity index (χ1v) is 12.7. The molecule has 3 heterocycles. The largest absolute Gasteiger partial charge is 0.408 e. The number of benzene rings is 1. The second-order valence-electron chi connectivity index (χ2n) is 9.83. The molecule has 1 aliphatic heterocycles. The van der Waals surface area contributed by atoms with Crippen molar-refractivity contribution >= 4 is 28.8 Å². The average Bonchev–Trinajstić information content (AvgIpc) is 3.73. The van der Waals surface area contributed by atoms with E-state index < -0.39 is 75.2 Å². The van der Waals surface area contributed by atoms with Gasteiger partial charge in [0.15, 0.2) is 17.3 Å². The van der Waals surface area contributed by atoms with E-state index in [1.807, 2.05) is 5.32 Å². The minimum Gasteiger partial charge on any atom is -0.395 e. The number of fused-ring (bicyclic) bond motifs is 1. The molecule has 2 aromatic heterocycles. The van der Waals surface area contributed by atoms with Crippen LogP contribution < -0.4 is 15.6 Å². The Morgan fingerprint density at radius 3 is 2.39 bits per heavy atom. The normalized spacial score (nSPS) is 16.8. The molecule has 2 fully saturated rings. The zero-order valence-electron chi connectivity index (χ0n) is 21.2. The van der Waals surface area contributed by atoms with E-state index in [2.05, 4.69) is 4.98 Å². The van der Waals surface area contributed by atoms with Crippen molar-refractivity contribution in [1.82, 2.24) is 19.8 Å². The summed E-state index contributed by atoms with van der Waals surface area (Å²) in [5, 5.41) is 10.7. The van der Waals surface area contributed by atoms with E-state index >= 15 is 0 Å². The number of rotatable bonds is 7. The Kier molecular flexibility index (Phi) is 7.40. The number of halogens is 6. The summed E-state index contributed by atoms with van der Waals surface area (Å²) in [4.78, 5) is 46.1. The fourth-order valence-electron chi connectivity index (χ4n) is 4.88. The Morgan fingerprint density at radius 1 is 1.10 bits per heavy atom. The van der Waals surface area contributed by atoms with Gasteiger partial charge in [-0.05, 0) is 37.3 Å². The van der Waals surface area contributed by atoms with Crippen molar-refractivity contribution in [3.63, 3.8) is 0 Å². The van der Waals surface area contributed by atoms with Gasteiger partial charge in [-0.2, -0.15) is 13.2 Å². The van der Waals surface area contributed by atoms with Crippen molar-refractivity contribution in [2.45, 2.75) is 31.5 Å². The molecule has 1 saturated heterocycles. The predicted molar refractivity (Wildman–Crippen MR) is 133 cm³/mol. The Morgan fingerprint density at radius 2 is 1.78 bits per heavy atom. The summed E-state index contributed by atoms with van der Waals surface area (Å²) < 4.78 is 84.9. The lowest BCUT2D eigenvalue weighted by Gasteiger charge is -2.34. The first kappa shape index (κ1) is 28.4. The van der Waals surface area contributed by atoms with Crippen molar-refractivity contribution in [1.29, 1.82) is 0 Å². The third kappa shape index (κ3) is 5.45. The molecule has 3 amide bonds. The SMILES string of the molecule is O=C(NC(C1CC1)C(F)(F)F)c1cn(-c2c(F)cc(F)cc2F)c2nc(N3CCCN(CCO)C3=O)ccc2c1=O. The molecule has 2 N–H and O–H groups in total. The molecule has 15 heteroatoms. The summed E-state index contributed by atoms with van der Waals surface area (Å²) in [5.41, 5.74) is -3.31. The number of amides is 3. The lowest BCUT2D eigenvalue weighted by Crippen LogP contribution is -2.50. The van der Waals surface area contributed by atoms with Crippen LogP contribution in [-0.4, -0.2) is 70.0 Å². The molecular formula is C26H23F6N5O4. The van der Waals surface area contributed by atoms with Crippen molar-refractivity contribution < 1.29 is 41.0 Å². The number of aliphatic hydroxyl groups is 1. The van der Waals surface area contributed by atoms with Gasteiger partial charge in [0.05, 0.1) is 12.0 Å². The number of hydrogen-bond donors (Lipinski definition) is 2. The average molecular weight is 583 g/mol. The van der Waals surface area contributed by atoms with Crippen LogP contribution in [0.1, 0.15) is 29.6 Å². The van der Waals surface area contributed by atoms with Gasteiger partial charge in [-0.1, -0.05) is 0 Å². The van der Waals surface area contributed by atoms with E-state index in [-0.39, 0.29) is 38.4 Å². The Labute approximate surface area is 228 Å². The van der Waals surface area contributed by atoms with E-state index in [4.69, 9.17) is 0 Å². The summed E-state index contributed by atoms with van der Waals surface area (Å²) in [6.45, 7) is 0.285. The number of pyridine rings is 2. The van der Waals surface area contributed by atoms with Gasteiger partial charge >= 0.3 is 12.2 Å². The van der Waals surface area contributed by atoms with Gasteiger partial charge in [-0.25, -0.2) is 22.9 Å². The molecule has 3 aromatic rings. The highest BCUT2D eigenvalue weighted by Gasteiger charge is 2.50. The van der Waals surface area contributed by atoms with Crippen molar-refractivity contribution in [3.8, 4) is 5.69 Å². The molecular weight excluding hydrogens is 560 g/mol. The number of urea groups is 1. The van der Waals surface area contributed by atoms with Gasteiger partial charge in [0.25, 0.3) is 5.91 Å². The molecule has 9 nitrogen and oxygen atoms in total. The van der Waals surface area contributed by atoms with Crippen LogP contribution in [0.15, 0.2) is 35.3 Å². The second kappa shape index (κ2) is 10.7. The van der Waals surface area contributed by atoms with Gasteiger partial charge in [0, 0.05) is 38.0 Å². The van der Waals surface area contributed by atoms with Crippen LogP contribution in [0, 0.1) is 23.4 Å². The van der Waals surface area contributed by atoms with Crippen LogP contribution in [0.3, 0.4) is 0 Å². The van der Waals surface area contributed by atoms with Crippen molar-refractivity contribution in [3.05, 3.63) is 63.7 Å². The van der Waals surface area contributed by atoms with Gasteiger partial charge in [0.2, 0.25) is 5.43 Å². The van der Waals surface area contributed by atoms with Crippen LogP contribution in [0.4, 0.5) is 37.0 Å². The standard InChI is InChI=1S/C26H23F6N5O4/c27-14-10-17(28)20(18(29)11-14)37-12-16(24(40)34-22(13-2-3-13)26(30,31)32)21(39)15-4-5-19(33-23(15)37)36-7-1-6-35(8-9-38)25(36)41/h4-5,10-13,22,38H,1-3,6-9H2,(H,34,40). The highest BCUT2D eigenvalue weighted by molar-refractivity contribution is 5.98. The number of β-amino-alcohol motifs (C(OH)–C–C–N with tert-alkyl or cyclic N) is 1. The molecule has 41 heavy (non-hydrogen) atoms. The number of aromatic nitrogens is 2. The summed E-state index contributed by atoms with van der Waals surface area (Å²) in [5.74, 6) is -6.48. The molecule has 218 valence electrons. The van der Waals surface area contributed by atoms with Gasteiger partial charge in [-0.3, -0.25) is 19.1 Å². The molecule has 1 aliphatic carbocycles. The maximum Gasteiger partial charge on any atom is 0.408 e. The molecule has 1 atom stereocenters. The third-order valence-electron chi connectivity index (χ3n) is 6.99. The van der Waals surface area contributed by atoms with Crippen LogP contribution >= 0.6 is 0 Å². The van der Waals surface area contributed by atoms with E-state index in [1.54, 1.807) is 0 Å². The molecule has 1 unspecified atom stereocenters. The van der Waals surface area contributed by atoms with E-state index in [0.717, 1.165) is 6.07 Å². The van der Waals surface area contributed by atoms with Gasteiger partial charge in [0.1, 0.15) is 28.9 Å². The van der Waals surface area contributed by atoms with Crippen molar-refractivity contribution in [2.75, 3.05) is 31.1 Å². The zero-order valence-corrected chi connectivity index (χ0v) is 21.2. The fraction of sp³-hybridized carbons (Fsp3) is 0.385. The number of aliphatic hydroxyl groups excluding tert-OH is 1. The van der Waals surface area contributed by atoms with E-state index in [1.165, 1.54) is 15.9 Å².